The molecular formula is C10F19KO2. The summed E-state index contributed by atoms with van der Waals surface area (Å²) in [5, 5.41) is 9.69. The summed E-state index contributed by atoms with van der Waals surface area (Å²) in [7, 11) is 0. The van der Waals surface area contributed by atoms with Crippen LogP contribution < -0.4 is 56.5 Å². The first-order valence-corrected chi connectivity index (χ1v) is 6.25. The van der Waals surface area contributed by atoms with Gasteiger partial charge in [-0.25, -0.2) is 0 Å². The molecule has 0 unspecified atom stereocenters. The Bertz CT molecular complexity index is 707. The molecule has 0 fully saturated rings. The largest absolute Gasteiger partial charge is 1.00 e. The standard InChI is InChI=1S/C10HF19O2.K/c11-2(12,1(30)31)3(13,14)4(15,16)5(17,18)6(19,20)7(21,22)8(23,24)9(25,26)10(27,28)29;/h(H,30,31);/q;+1/p-1. The van der Waals surface area contributed by atoms with Crippen LogP contribution in [0.4, 0.5) is 83.4 Å². The van der Waals surface area contributed by atoms with E-state index >= 15 is 0 Å². The number of carbonyl (C=O) groups excluding carboxylic acids is 1. The third kappa shape index (κ3) is 4.08. The van der Waals surface area contributed by atoms with Crippen LogP contribution in [0.2, 0.25) is 0 Å². The van der Waals surface area contributed by atoms with E-state index in [0.717, 1.165) is 0 Å². The van der Waals surface area contributed by atoms with Crippen molar-refractivity contribution in [3.8, 4) is 0 Å². The van der Waals surface area contributed by atoms with Gasteiger partial charge in [-0.2, -0.15) is 83.4 Å². The van der Waals surface area contributed by atoms with Gasteiger partial charge in [0.15, 0.2) is 0 Å². The van der Waals surface area contributed by atoms with Crippen molar-refractivity contribution in [1.82, 2.24) is 0 Å². The SMILES string of the molecule is O=C([O-])C(F)(F)C(F)(F)C(F)(F)C(F)(F)C(F)(F)C(F)(F)C(F)(F)C(F)(F)C(F)(F)F.[K+]. The average Bonchev–Trinajstić information content (AvgIpc) is 2.52. The third-order valence-corrected chi connectivity index (χ3v) is 3.37. The zero-order valence-corrected chi connectivity index (χ0v) is 17.1. The number of carboxylic acids is 1. The molecule has 0 aliphatic heterocycles. The summed E-state index contributed by atoms with van der Waals surface area (Å²) in [6.07, 6.45) is -7.96. The molecule has 0 aromatic heterocycles. The smallest absolute Gasteiger partial charge is 0.544 e. The molecule has 0 saturated heterocycles. The molecule has 0 aliphatic carbocycles. The molecule has 0 bridgehead atoms. The fraction of sp³-hybridized carbons (Fsp3) is 0.900. The van der Waals surface area contributed by atoms with Gasteiger partial charge in [0.25, 0.3) is 0 Å². The molecule has 0 amide bonds. The summed E-state index contributed by atoms with van der Waals surface area (Å²) in [5.41, 5.74) is 0. The molecule has 0 radical (unpaired) electrons. The number of aliphatic carboxylic acids is 1. The van der Waals surface area contributed by atoms with Gasteiger partial charge >= 0.3 is 105 Å². The zero-order chi connectivity index (χ0) is 26.1. The maximum absolute atomic E-state index is 13.1. The molecule has 22 heteroatoms. The number of hydrogen-bond acceptors (Lipinski definition) is 2. The minimum Gasteiger partial charge on any atom is -0.544 e. The summed E-state index contributed by atoms with van der Waals surface area (Å²) in [6.45, 7) is 0. The van der Waals surface area contributed by atoms with Gasteiger partial charge in [-0.15, -0.1) is 0 Å². The second-order valence-electron chi connectivity index (χ2n) is 5.38. The van der Waals surface area contributed by atoms with Crippen molar-refractivity contribution < 1.29 is 145 Å². The maximum Gasteiger partial charge on any atom is 1.00 e. The average molecular weight is 552 g/mol. The second-order valence-corrected chi connectivity index (χ2v) is 5.38. The molecule has 0 N–H and O–H groups in total. The number of rotatable bonds is 8. The van der Waals surface area contributed by atoms with E-state index < -0.39 is 59.5 Å². The Morgan fingerprint density at radius 3 is 0.781 bits per heavy atom. The van der Waals surface area contributed by atoms with Crippen molar-refractivity contribution in [3.05, 3.63) is 0 Å². The zero-order valence-electron chi connectivity index (χ0n) is 14.0. The minimum absolute atomic E-state index is 0. The first kappa shape index (κ1) is 33.9. The molecule has 2 nitrogen and oxygen atoms in total. The Kier molecular flexibility index (Phi) is 8.98. The molecule has 0 aromatic rings. The van der Waals surface area contributed by atoms with Crippen LogP contribution in [-0.2, 0) is 4.79 Å². The summed E-state index contributed by atoms with van der Waals surface area (Å²) < 4.78 is 241. The minimum atomic E-state index is -9.08. The van der Waals surface area contributed by atoms with E-state index in [1.807, 2.05) is 0 Å². The van der Waals surface area contributed by atoms with Gasteiger partial charge in [-0.1, -0.05) is 0 Å². The molecule has 0 saturated carbocycles. The Morgan fingerprint density at radius 2 is 0.594 bits per heavy atom. The van der Waals surface area contributed by atoms with Crippen LogP contribution in [0.25, 0.3) is 0 Å². The van der Waals surface area contributed by atoms with Gasteiger partial charge in [0.05, 0.1) is 0 Å². The van der Waals surface area contributed by atoms with E-state index in [1.54, 1.807) is 0 Å². The van der Waals surface area contributed by atoms with Crippen LogP contribution in [0.1, 0.15) is 0 Å². The van der Waals surface area contributed by atoms with Crippen molar-refractivity contribution in [2.45, 2.75) is 53.6 Å². The number of alkyl halides is 19. The molecule has 0 spiro atoms. The van der Waals surface area contributed by atoms with Gasteiger partial charge in [0.2, 0.25) is 0 Å². The van der Waals surface area contributed by atoms with Crippen LogP contribution in [0, 0.1) is 0 Å². The van der Waals surface area contributed by atoms with E-state index in [4.69, 9.17) is 0 Å². The fourth-order valence-corrected chi connectivity index (χ4v) is 1.49. The van der Waals surface area contributed by atoms with E-state index in [0.29, 0.717) is 0 Å². The van der Waals surface area contributed by atoms with Crippen molar-refractivity contribution in [2.24, 2.45) is 0 Å². The Morgan fingerprint density at radius 1 is 0.406 bits per heavy atom. The van der Waals surface area contributed by atoms with Crippen molar-refractivity contribution >= 4 is 5.97 Å². The predicted octanol–water partition coefficient (Wildman–Crippen LogP) is 1.38. The summed E-state index contributed by atoms with van der Waals surface area (Å²) in [4.78, 5) is 9.69. The number of carbonyl (C=O) groups is 1. The number of hydrogen-bond donors (Lipinski definition) is 0. The first-order valence-electron chi connectivity index (χ1n) is 6.25. The Labute approximate surface area is 203 Å². The molecule has 0 heterocycles. The van der Waals surface area contributed by atoms with Gasteiger partial charge in [-0.05, 0) is 0 Å². The quantitative estimate of drug-likeness (QED) is 0.338. The third-order valence-electron chi connectivity index (χ3n) is 3.37. The van der Waals surface area contributed by atoms with Crippen LogP contribution in [0.5, 0.6) is 0 Å². The van der Waals surface area contributed by atoms with Gasteiger partial charge in [0.1, 0.15) is 5.97 Å². The molecule has 0 rings (SSSR count). The summed E-state index contributed by atoms with van der Waals surface area (Å²) in [6, 6.07) is 0. The van der Waals surface area contributed by atoms with Crippen LogP contribution in [0.3, 0.4) is 0 Å². The van der Waals surface area contributed by atoms with Crippen molar-refractivity contribution in [3.63, 3.8) is 0 Å². The van der Waals surface area contributed by atoms with E-state index in [1.165, 1.54) is 0 Å². The molecule has 0 aromatic carbocycles. The van der Waals surface area contributed by atoms with Crippen LogP contribution in [-0.4, -0.2) is 59.5 Å². The molecule has 0 atom stereocenters. The van der Waals surface area contributed by atoms with Gasteiger partial charge in [0, 0.05) is 0 Å². The normalized spacial score (nSPS) is 16.0. The summed E-state index contributed by atoms with van der Waals surface area (Å²) >= 11 is 0. The fourth-order valence-electron chi connectivity index (χ4n) is 1.49. The Balaban J connectivity index is 0. The maximum atomic E-state index is 13.1. The van der Waals surface area contributed by atoms with Crippen LogP contribution >= 0.6 is 0 Å². The Hall–Kier alpha value is -0.224. The number of halogens is 19. The molecule has 186 valence electrons. The molecular weight excluding hydrogens is 552 g/mol. The monoisotopic (exact) mass is 552 g/mol. The second kappa shape index (κ2) is 8.46. The molecule has 32 heavy (non-hydrogen) atoms. The van der Waals surface area contributed by atoms with Crippen molar-refractivity contribution in [2.75, 3.05) is 0 Å². The van der Waals surface area contributed by atoms with Gasteiger partial charge < -0.3 is 9.90 Å². The topological polar surface area (TPSA) is 40.1 Å². The van der Waals surface area contributed by atoms with E-state index in [9.17, 15) is 93.3 Å². The number of carboxylic acid groups (broad SMARTS) is 1. The van der Waals surface area contributed by atoms with E-state index in [-0.39, 0.29) is 51.4 Å². The molecule has 0 aliphatic rings. The van der Waals surface area contributed by atoms with E-state index in [2.05, 4.69) is 0 Å². The van der Waals surface area contributed by atoms with Gasteiger partial charge in [-0.3, -0.25) is 0 Å². The van der Waals surface area contributed by atoms with Crippen LogP contribution in [0.15, 0.2) is 0 Å². The summed E-state index contributed by atoms with van der Waals surface area (Å²) in [5.74, 6) is -73.8. The predicted molar refractivity (Wildman–Crippen MR) is 50.6 cm³/mol. The van der Waals surface area contributed by atoms with Crippen molar-refractivity contribution in [1.29, 1.82) is 0 Å². The first-order chi connectivity index (χ1) is 12.9.